The molecule has 3 rings (SSSR count). The molecular weight excluding hydrogens is 274 g/mol. The number of benzene rings is 1. The summed E-state index contributed by atoms with van der Waals surface area (Å²) >= 11 is 1.33. The van der Waals surface area contributed by atoms with E-state index >= 15 is 0 Å². The van der Waals surface area contributed by atoms with Crippen LogP contribution in [-0.4, -0.2) is 34.0 Å². The second-order valence-electron chi connectivity index (χ2n) is 4.84. The molecule has 0 atom stereocenters. The molecule has 0 N–H and O–H groups in total. The number of amides is 1. The zero-order chi connectivity index (χ0) is 14.1. The first kappa shape index (κ1) is 13.1. The summed E-state index contributed by atoms with van der Waals surface area (Å²) in [5.74, 6) is 0.708. The van der Waals surface area contributed by atoms with E-state index < -0.39 is 0 Å². The fourth-order valence-electron chi connectivity index (χ4n) is 2.27. The minimum Gasteiger partial charge on any atom is -0.492 e. The van der Waals surface area contributed by atoms with Crippen molar-refractivity contribution >= 4 is 17.4 Å². The average molecular weight is 289 g/mol. The number of aromatic nitrogens is 2. The van der Waals surface area contributed by atoms with E-state index in [1.165, 1.54) is 11.5 Å². The molecule has 2 aromatic rings. The summed E-state index contributed by atoms with van der Waals surface area (Å²) in [5.41, 5.74) is 2.63. The third-order valence-corrected chi connectivity index (χ3v) is 4.23. The number of fused-ring (bicyclic) bond motifs is 1. The van der Waals surface area contributed by atoms with E-state index in [1.807, 2.05) is 25.1 Å². The molecule has 0 bridgehead atoms. The van der Waals surface area contributed by atoms with E-state index in [0.29, 0.717) is 18.7 Å². The van der Waals surface area contributed by atoms with E-state index in [9.17, 15) is 4.79 Å². The van der Waals surface area contributed by atoms with Crippen molar-refractivity contribution < 1.29 is 9.53 Å². The molecule has 5 nitrogen and oxygen atoms in total. The number of carbonyl (C=O) groups is 1. The molecule has 1 amide bonds. The van der Waals surface area contributed by atoms with Crippen LogP contribution in [0.2, 0.25) is 0 Å². The van der Waals surface area contributed by atoms with Crippen molar-refractivity contribution in [3.8, 4) is 5.75 Å². The summed E-state index contributed by atoms with van der Waals surface area (Å²) in [5, 5.41) is 3.97. The van der Waals surface area contributed by atoms with Gasteiger partial charge in [0.2, 0.25) is 0 Å². The first-order chi connectivity index (χ1) is 9.66. The van der Waals surface area contributed by atoms with Crippen molar-refractivity contribution in [2.75, 3.05) is 13.7 Å². The predicted molar refractivity (Wildman–Crippen MR) is 76.1 cm³/mol. The maximum atomic E-state index is 12.6. The highest BCUT2D eigenvalue weighted by atomic mass is 32.1. The largest absolute Gasteiger partial charge is 0.492 e. The number of hydrogen-bond acceptors (Lipinski definition) is 5. The van der Waals surface area contributed by atoms with Gasteiger partial charge in [0, 0.05) is 13.5 Å². The van der Waals surface area contributed by atoms with Crippen LogP contribution in [0.4, 0.5) is 0 Å². The average Bonchev–Trinajstić information content (AvgIpc) is 3.07. The molecule has 0 saturated carbocycles. The Bertz CT molecular complexity index is 654. The molecule has 1 aromatic carbocycles. The van der Waals surface area contributed by atoms with Crippen molar-refractivity contribution in [2.24, 2.45) is 0 Å². The molecule has 0 unspecified atom stereocenters. The number of nitrogens with zero attached hydrogens (tertiary/aromatic N) is 3. The lowest BCUT2D eigenvalue weighted by Gasteiger charge is -2.17. The lowest BCUT2D eigenvalue weighted by molar-refractivity contribution is 0.0782. The number of para-hydroxylation sites is 1. The Kier molecular flexibility index (Phi) is 3.40. The number of aryl methyl sites for hydroxylation is 1. The van der Waals surface area contributed by atoms with Gasteiger partial charge in [0.25, 0.3) is 5.91 Å². The summed E-state index contributed by atoms with van der Waals surface area (Å²) in [7, 11) is 1.79. The first-order valence-corrected chi connectivity index (χ1v) is 7.22. The van der Waals surface area contributed by atoms with Gasteiger partial charge in [-0.2, -0.15) is 0 Å². The Morgan fingerprint density at radius 1 is 1.50 bits per heavy atom. The SMILES string of the molecule is Cc1nnsc1CN(C)C(=O)c1cccc2c1OCC2. The van der Waals surface area contributed by atoms with E-state index in [2.05, 4.69) is 9.59 Å². The fraction of sp³-hybridized carbons (Fsp3) is 0.357. The monoisotopic (exact) mass is 289 g/mol. The highest BCUT2D eigenvalue weighted by molar-refractivity contribution is 7.05. The minimum atomic E-state index is -0.0310. The van der Waals surface area contributed by atoms with Gasteiger partial charge in [-0.15, -0.1) is 5.10 Å². The quantitative estimate of drug-likeness (QED) is 0.868. The van der Waals surface area contributed by atoms with Gasteiger partial charge in [-0.1, -0.05) is 16.6 Å². The minimum absolute atomic E-state index is 0.0310. The van der Waals surface area contributed by atoms with Crippen LogP contribution in [0.1, 0.15) is 26.5 Å². The zero-order valence-electron chi connectivity index (χ0n) is 11.4. The lowest BCUT2D eigenvalue weighted by atomic mass is 10.1. The Morgan fingerprint density at radius 3 is 3.10 bits per heavy atom. The molecule has 6 heteroatoms. The lowest BCUT2D eigenvalue weighted by Crippen LogP contribution is -2.26. The topological polar surface area (TPSA) is 55.3 Å². The maximum absolute atomic E-state index is 12.6. The van der Waals surface area contributed by atoms with Crippen LogP contribution in [-0.2, 0) is 13.0 Å². The molecule has 0 radical (unpaired) electrons. The van der Waals surface area contributed by atoms with Crippen LogP contribution in [0.3, 0.4) is 0 Å². The molecule has 2 heterocycles. The Labute approximate surface area is 121 Å². The number of hydrogen-bond donors (Lipinski definition) is 0. The first-order valence-electron chi connectivity index (χ1n) is 6.45. The number of carbonyl (C=O) groups excluding carboxylic acids is 1. The number of rotatable bonds is 3. The third kappa shape index (κ3) is 2.27. The third-order valence-electron chi connectivity index (χ3n) is 3.42. The predicted octanol–water partition coefficient (Wildman–Crippen LogP) is 2.05. The van der Waals surface area contributed by atoms with Gasteiger partial charge < -0.3 is 9.64 Å². The van der Waals surface area contributed by atoms with Gasteiger partial charge in [-0.25, -0.2) is 0 Å². The molecule has 0 saturated heterocycles. The van der Waals surface area contributed by atoms with Gasteiger partial charge in [0.15, 0.2) is 0 Å². The standard InChI is InChI=1S/C14H15N3O2S/c1-9-12(20-16-15-9)8-17(2)14(18)11-5-3-4-10-6-7-19-13(10)11/h3-5H,6-8H2,1-2H3. The van der Waals surface area contributed by atoms with Crippen molar-refractivity contribution in [2.45, 2.75) is 19.9 Å². The smallest absolute Gasteiger partial charge is 0.257 e. The van der Waals surface area contributed by atoms with Crippen LogP contribution >= 0.6 is 11.5 Å². The Balaban J connectivity index is 1.82. The van der Waals surface area contributed by atoms with Crippen molar-refractivity contribution in [3.05, 3.63) is 39.9 Å². The normalized spacial score (nSPS) is 12.9. The zero-order valence-corrected chi connectivity index (χ0v) is 12.2. The van der Waals surface area contributed by atoms with Gasteiger partial charge in [-0.05, 0) is 30.1 Å². The molecule has 1 aliphatic heterocycles. The number of ether oxygens (including phenoxy) is 1. The Morgan fingerprint density at radius 2 is 2.35 bits per heavy atom. The maximum Gasteiger partial charge on any atom is 0.257 e. The molecular formula is C14H15N3O2S. The van der Waals surface area contributed by atoms with Gasteiger partial charge >= 0.3 is 0 Å². The molecule has 0 aliphatic carbocycles. The van der Waals surface area contributed by atoms with E-state index in [4.69, 9.17) is 4.74 Å². The van der Waals surface area contributed by atoms with E-state index in [-0.39, 0.29) is 5.91 Å². The van der Waals surface area contributed by atoms with E-state index in [0.717, 1.165) is 28.3 Å². The molecule has 0 fully saturated rings. The van der Waals surface area contributed by atoms with Crippen molar-refractivity contribution in [1.82, 2.24) is 14.5 Å². The summed E-state index contributed by atoms with van der Waals surface area (Å²) in [6.45, 7) is 3.08. The highest BCUT2D eigenvalue weighted by Gasteiger charge is 2.23. The van der Waals surface area contributed by atoms with Crippen LogP contribution in [0.15, 0.2) is 18.2 Å². The Hall–Kier alpha value is -1.95. The molecule has 1 aromatic heterocycles. The summed E-state index contributed by atoms with van der Waals surface area (Å²) in [6, 6.07) is 5.74. The van der Waals surface area contributed by atoms with Crippen LogP contribution in [0, 0.1) is 6.92 Å². The van der Waals surface area contributed by atoms with Crippen LogP contribution in [0.5, 0.6) is 5.75 Å². The summed E-state index contributed by atoms with van der Waals surface area (Å²) in [4.78, 5) is 15.2. The second-order valence-corrected chi connectivity index (χ2v) is 5.67. The molecule has 20 heavy (non-hydrogen) atoms. The molecule has 1 aliphatic rings. The van der Waals surface area contributed by atoms with Gasteiger partial charge in [0.1, 0.15) is 5.75 Å². The summed E-state index contributed by atoms with van der Waals surface area (Å²) < 4.78 is 9.48. The molecule has 104 valence electrons. The van der Waals surface area contributed by atoms with Gasteiger partial charge in [-0.3, -0.25) is 4.79 Å². The van der Waals surface area contributed by atoms with Crippen molar-refractivity contribution in [3.63, 3.8) is 0 Å². The van der Waals surface area contributed by atoms with Crippen LogP contribution in [0.25, 0.3) is 0 Å². The summed E-state index contributed by atoms with van der Waals surface area (Å²) in [6.07, 6.45) is 0.873. The highest BCUT2D eigenvalue weighted by Crippen LogP contribution is 2.30. The van der Waals surface area contributed by atoms with Crippen LogP contribution < -0.4 is 4.74 Å². The second kappa shape index (κ2) is 5.20. The fourth-order valence-corrected chi connectivity index (χ4v) is 2.96. The molecule has 0 spiro atoms. The van der Waals surface area contributed by atoms with Gasteiger partial charge in [0.05, 0.1) is 29.3 Å². The van der Waals surface area contributed by atoms with E-state index in [1.54, 1.807) is 11.9 Å². The van der Waals surface area contributed by atoms with Crippen molar-refractivity contribution in [1.29, 1.82) is 0 Å².